The average molecular weight is 403 g/mol. The van der Waals surface area contributed by atoms with E-state index < -0.39 is 23.9 Å². The molecular formula is C20H32F3N3O2. The quantitative estimate of drug-likeness (QED) is 0.755. The van der Waals surface area contributed by atoms with E-state index in [4.69, 9.17) is 4.74 Å². The molecule has 2 heterocycles. The van der Waals surface area contributed by atoms with Gasteiger partial charge in [-0.25, -0.2) is 10.9 Å². The van der Waals surface area contributed by atoms with Crippen molar-refractivity contribution < 1.29 is 22.7 Å². The molecule has 0 aromatic heterocycles. The summed E-state index contributed by atoms with van der Waals surface area (Å²) in [5, 5.41) is 0. The minimum Gasteiger partial charge on any atom is -0.346 e. The van der Waals surface area contributed by atoms with Crippen molar-refractivity contribution in [2.24, 2.45) is 29.6 Å². The van der Waals surface area contributed by atoms with Crippen LogP contribution in [-0.2, 0) is 9.53 Å². The molecular weight excluding hydrogens is 371 g/mol. The molecule has 4 rings (SSSR count). The van der Waals surface area contributed by atoms with E-state index in [0.29, 0.717) is 38.0 Å². The molecule has 2 aliphatic carbocycles. The zero-order valence-corrected chi connectivity index (χ0v) is 16.5. The number of alkyl halides is 3. The highest BCUT2D eigenvalue weighted by Gasteiger charge is 2.55. The average Bonchev–Trinajstić information content (AvgIpc) is 3.29. The van der Waals surface area contributed by atoms with Gasteiger partial charge >= 0.3 is 6.18 Å². The molecule has 160 valence electrons. The van der Waals surface area contributed by atoms with Gasteiger partial charge in [-0.1, -0.05) is 26.2 Å². The van der Waals surface area contributed by atoms with Gasteiger partial charge in [-0.3, -0.25) is 4.79 Å². The molecule has 6 unspecified atom stereocenters. The Hall–Kier alpha value is -0.860. The minimum absolute atomic E-state index is 0.0118. The fourth-order valence-corrected chi connectivity index (χ4v) is 6.09. The van der Waals surface area contributed by atoms with E-state index >= 15 is 0 Å². The topological polar surface area (TPSA) is 53.6 Å². The molecule has 4 fully saturated rings. The van der Waals surface area contributed by atoms with Crippen molar-refractivity contribution in [3.63, 3.8) is 0 Å². The second-order valence-electron chi connectivity index (χ2n) is 9.25. The summed E-state index contributed by atoms with van der Waals surface area (Å²) in [6.45, 7) is 3.04. The van der Waals surface area contributed by atoms with Crippen LogP contribution in [-0.4, -0.2) is 42.5 Å². The normalized spacial score (nSPS) is 40.6. The lowest BCUT2D eigenvalue weighted by molar-refractivity contribution is -0.198. The summed E-state index contributed by atoms with van der Waals surface area (Å²) in [4.78, 5) is 14.8. The molecule has 0 bridgehead atoms. The first-order valence-electron chi connectivity index (χ1n) is 10.8. The number of carbonyl (C=O) groups excluding carboxylic acids is 1. The van der Waals surface area contributed by atoms with Crippen LogP contribution in [0.1, 0.15) is 58.3 Å². The van der Waals surface area contributed by atoms with Gasteiger partial charge in [-0.05, 0) is 49.9 Å². The molecule has 7 atom stereocenters. The molecule has 1 amide bonds. The van der Waals surface area contributed by atoms with Gasteiger partial charge < -0.3 is 9.64 Å². The number of likely N-dealkylation sites (tertiary alicyclic amines) is 1. The fraction of sp³-hybridized carbons (Fsp3) is 0.950. The first kappa shape index (κ1) is 20.4. The fourth-order valence-electron chi connectivity index (χ4n) is 6.09. The van der Waals surface area contributed by atoms with Crippen molar-refractivity contribution in [3.05, 3.63) is 0 Å². The summed E-state index contributed by atoms with van der Waals surface area (Å²) in [5.41, 5.74) is 6.08. The van der Waals surface area contributed by atoms with E-state index in [1.54, 1.807) is 0 Å². The summed E-state index contributed by atoms with van der Waals surface area (Å²) in [6.07, 6.45) is 2.03. The van der Waals surface area contributed by atoms with Crippen LogP contribution in [0.4, 0.5) is 13.2 Å². The molecule has 28 heavy (non-hydrogen) atoms. The summed E-state index contributed by atoms with van der Waals surface area (Å²) in [7, 11) is 0. The van der Waals surface area contributed by atoms with Crippen molar-refractivity contribution in [1.29, 1.82) is 0 Å². The molecule has 5 nitrogen and oxygen atoms in total. The molecule has 2 aliphatic heterocycles. The van der Waals surface area contributed by atoms with Crippen LogP contribution in [0.2, 0.25) is 0 Å². The third-order valence-electron chi connectivity index (χ3n) is 7.63. The number of nitrogens with one attached hydrogen (secondary N) is 2. The van der Waals surface area contributed by atoms with Crippen LogP contribution >= 0.6 is 0 Å². The number of hydrazine groups is 1. The molecule has 4 aliphatic rings. The zero-order valence-electron chi connectivity index (χ0n) is 16.5. The molecule has 0 aromatic carbocycles. The predicted molar refractivity (Wildman–Crippen MR) is 97.6 cm³/mol. The summed E-state index contributed by atoms with van der Waals surface area (Å²) < 4.78 is 46.0. The van der Waals surface area contributed by atoms with Crippen LogP contribution in [0, 0.1) is 29.6 Å². The Bertz CT molecular complexity index is 567. The van der Waals surface area contributed by atoms with Gasteiger partial charge in [0.1, 0.15) is 13.0 Å². The zero-order chi connectivity index (χ0) is 19.9. The summed E-state index contributed by atoms with van der Waals surface area (Å²) >= 11 is 0. The lowest BCUT2D eigenvalue weighted by Gasteiger charge is -2.38. The Morgan fingerprint density at radius 2 is 2.00 bits per heavy atom. The van der Waals surface area contributed by atoms with Crippen molar-refractivity contribution in [2.45, 2.75) is 76.7 Å². The highest BCUT2D eigenvalue weighted by atomic mass is 19.4. The first-order chi connectivity index (χ1) is 13.3. The lowest BCUT2D eigenvalue weighted by Crippen LogP contribution is -2.42. The van der Waals surface area contributed by atoms with Crippen molar-refractivity contribution in [3.8, 4) is 0 Å². The van der Waals surface area contributed by atoms with Gasteiger partial charge in [-0.2, -0.15) is 13.2 Å². The maximum atomic E-state index is 13.5. The SMILES string of the molecule is C[C@H](CC1NNCO1)C1CCCC(N2CC3C(CCCC3C(F)(F)F)C2=O)C1. The van der Waals surface area contributed by atoms with Crippen LogP contribution in [0.15, 0.2) is 0 Å². The van der Waals surface area contributed by atoms with Gasteiger partial charge in [0.2, 0.25) is 5.91 Å². The predicted octanol–water partition coefficient (Wildman–Crippen LogP) is 3.42. The third-order valence-corrected chi connectivity index (χ3v) is 7.63. The Kier molecular flexibility index (Phi) is 5.91. The van der Waals surface area contributed by atoms with E-state index in [0.717, 1.165) is 32.1 Å². The molecule has 2 N–H and O–H groups in total. The van der Waals surface area contributed by atoms with E-state index in [1.807, 2.05) is 4.90 Å². The van der Waals surface area contributed by atoms with E-state index in [9.17, 15) is 18.0 Å². The number of hydrogen-bond acceptors (Lipinski definition) is 4. The van der Waals surface area contributed by atoms with Crippen molar-refractivity contribution >= 4 is 5.91 Å². The largest absolute Gasteiger partial charge is 0.392 e. The molecule has 8 heteroatoms. The molecule has 0 radical (unpaired) electrons. The second kappa shape index (κ2) is 8.11. The van der Waals surface area contributed by atoms with E-state index in [2.05, 4.69) is 17.8 Å². The highest BCUT2D eigenvalue weighted by Crippen LogP contribution is 2.49. The molecule has 2 saturated heterocycles. The summed E-state index contributed by atoms with van der Waals surface area (Å²) in [5.74, 6) is -1.35. The Morgan fingerprint density at radius 1 is 1.21 bits per heavy atom. The lowest BCUT2D eigenvalue weighted by atomic mass is 9.73. The maximum Gasteiger partial charge on any atom is 0.392 e. The second-order valence-corrected chi connectivity index (χ2v) is 9.25. The Morgan fingerprint density at radius 3 is 2.71 bits per heavy atom. The number of fused-ring (bicyclic) bond motifs is 1. The van der Waals surface area contributed by atoms with E-state index in [1.165, 1.54) is 0 Å². The van der Waals surface area contributed by atoms with Gasteiger partial charge in [0.05, 0.1) is 5.92 Å². The van der Waals surface area contributed by atoms with Gasteiger partial charge in [0.25, 0.3) is 0 Å². The first-order valence-corrected chi connectivity index (χ1v) is 10.8. The molecule has 0 spiro atoms. The Balaban J connectivity index is 1.40. The van der Waals surface area contributed by atoms with Crippen molar-refractivity contribution in [2.75, 3.05) is 13.3 Å². The number of hydrogen-bond donors (Lipinski definition) is 2. The number of halogens is 3. The third kappa shape index (κ3) is 4.05. The number of ether oxygens (including phenoxy) is 1. The van der Waals surface area contributed by atoms with Crippen LogP contribution in [0.25, 0.3) is 0 Å². The number of amides is 1. The van der Waals surface area contributed by atoms with E-state index in [-0.39, 0.29) is 24.6 Å². The van der Waals surface area contributed by atoms with Crippen LogP contribution in [0.3, 0.4) is 0 Å². The molecule has 2 saturated carbocycles. The monoisotopic (exact) mass is 403 g/mol. The molecule has 0 aromatic rings. The smallest absolute Gasteiger partial charge is 0.346 e. The Labute approximate surface area is 164 Å². The maximum absolute atomic E-state index is 13.5. The van der Waals surface area contributed by atoms with Gasteiger partial charge in [-0.15, -0.1) is 0 Å². The van der Waals surface area contributed by atoms with Crippen LogP contribution in [0.5, 0.6) is 0 Å². The van der Waals surface area contributed by atoms with Crippen molar-refractivity contribution in [1.82, 2.24) is 15.8 Å². The number of rotatable bonds is 4. The highest BCUT2D eigenvalue weighted by molar-refractivity contribution is 5.82. The minimum atomic E-state index is -4.19. The standard InChI is InChI=1S/C20H32F3N3O2/c1-12(8-18-25-24-11-28-18)13-4-2-5-14(9-13)26-10-16-15(19(26)27)6-3-7-17(16)20(21,22)23/h12-18,24-25H,2-11H2,1H3/t12-,13?,14?,15?,16?,17?,18?/m1/s1. The van der Waals surface area contributed by atoms with Gasteiger partial charge in [0.15, 0.2) is 0 Å². The number of carbonyl (C=O) groups is 1. The van der Waals surface area contributed by atoms with Gasteiger partial charge in [0, 0.05) is 18.5 Å². The van der Waals surface area contributed by atoms with Crippen LogP contribution < -0.4 is 10.9 Å². The summed E-state index contributed by atoms with van der Waals surface area (Å²) in [6, 6.07) is 0.101. The number of nitrogens with zero attached hydrogens (tertiary/aromatic N) is 1.